The van der Waals surface area contributed by atoms with E-state index in [1.54, 1.807) is 11.8 Å². The van der Waals surface area contributed by atoms with E-state index in [-0.39, 0.29) is 5.91 Å². The molecule has 2 aromatic rings. The smallest absolute Gasteiger partial charge is 0.261 e. The summed E-state index contributed by atoms with van der Waals surface area (Å²) in [5, 5.41) is 4.02. The zero-order valence-corrected chi connectivity index (χ0v) is 12.7. The van der Waals surface area contributed by atoms with Gasteiger partial charge in [-0.05, 0) is 47.6 Å². The molecule has 0 spiro atoms. The van der Waals surface area contributed by atoms with E-state index < -0.39 is 0 Å². The second-order valence-electron chi connectivity index (χ2n) is 4.68. The standard InChI is InChI=1S/C14H18N2OS2/c1-9(8-18-2)7-16-14(17)13-6-10-5-11(15)3-4-12(10)19-13/h3-6,9H,7-8,15H2,1-2H3,(H,16,17). The van der Waals surface area contributed by atoms with E-state index in [1.807, 2.05) is 24.3 Å². The quantitative estimate of drug-likeness (QED) is 0.833. The average molecular weight is 294 g/mol. The Morgan fingerprint density at radius 3 is 3.00 bits per heavy atom. The Bertz CT molecular complexity index is 580. The van der Waals surface area contributed by atoms with Gasteiger partial charge in [-0.25, -0.2) is 0 Å². The second kappa shape index (κ2) is 6.30. The first-order valence-electron chi connectivity index (χ1n) is 6.16. The molecule has 0 bridgehead atoms. The van der Waals surface area contributed by atoms with E-state index in [1.165, 1.54) is 11.3 Å². The summed E-state index contributed by atoms with van der Waals surface area (Å²) in [4.78, 5) is 12.8. The fourth-order valence-electron chi connectivity index (χ4n) is 1.87. The number of anilines is 1. The molecule has 2 rings (SSSR count). The highest BCUT2D eigenvalue weighted by molar-refractivity contribution is 7.98. The molecule has 0 aliphatic heterocycles. The van der Waals surface area contributed by atoms with Gasteiger partial charge >= 0.3 is 0 Å². The van der Waals surface area contributed by atoms with E-state index >= 15 is 0 Å². The lowest BCUT2D eigenvalue weighted by atomic mass is 10.2. The Morgan fingerprint density at radius 2 is 2.26 bits per heavy atom. The lowest BCUT2D eigenvalue weighted by Crippen LogP contribution is -2.28. The van der Waals surface area contributed by atoms with Crippen molar-refractivity contribution >= 4 is 44.8 Å². The zero-order chi connectivity index (χ0) is 13.8. The van der Waals surface area contributed by atoms with Gasteiger partial charge in [-0.3, -0.25) is 4.79 Å². The number of nitrogens with one attached hydrogen (secondary N) is 1. The maximum atomic E-state index is 12.1. The van der Waals surface area contributed by atoms with Crippen LogP contribution < -0.4 is 11.1 Å². The van der Waals surface area contributed by atoms with Crippen molar-refractivity contribution < 1.29 is 4.79 Å². The van der Waals surface area contributed by atoms with Crippen molar-refractivity contribution in [3.8, 4) is 0 Å². The third-order valence-corrected chi connectivity index (χ3v) is 4.84. The molecule has 3 N–H and O–H groups in total. The van der Waals surface area contributed by atoms with Crippen LogP contribution in [0.3, 0.4) is 0 Å². The normalized spacial score (nSPS) is 12.5. The van der Waals surface area contributed by atoms with Gasteiger partial charge in [-0.1, -0.05) is 6.92 Å². The lowest BCUT2D eigenvalue weighted by Gasteiger charge is -2.10. The van der Waals surface area contributed by atoms with Crippen LogP contribution in [0.4, 0.5) is 5.69 Å². The van der Waals surface area contributed by atoms with E-state index in [0.29, 0.717) is 5.92 Å². The second-order valence-corrected chi connectivity index (χ2v) is 6.67. The van der Waals surface area contributed by atoms with E-state index in [9.17, 15) is 4.79 Å². The number of thioether (sulfide) groups is 1. The topological polar surface area (TPSA) is 55.1 Å². The van der Waals surface area contributed by atoms with Crippen molar-refractivity contribution in [2.24, 2.45) is 5.92 Å². The van der Waals surface area contributed by atoms with Crippen molar-refractivity contribution in [2.45, 2.75) is 6.92 Å². The number of carbonyl (C=O) groups is 1. The summed E-state index contributed by atoms with van der Waals surface area (Å²) in [5.41, 5.74) is 6.47. The number of benzene rings is 1. The average Bonchev–Trinajstić information content (AvgIpc) is 2.79. The molecule has 1 amide bonds. The van der Waals surface area contributed by atoms with Crippen LogP contribution in [-0.4, -0.2) is 24.5 Å². The fraction of sp³-hybridized carbons (Fsp3) is 0.357. The fourth-order valence-corrected chi connectivity index (χ4v) is 3.52. The Labute approximate surface area is 121 Å². The SMILES string of the molecule is CSCC(C)CNC(=O)c1cc2cc(N)ccc2s1. The van der Waals surface area contributed by atoms with Crippen molar-refractivity contribution in [1.82, 2.24) is 5.32 Å². The van der Waals surface area contributed by atoms with Gasteiger partial charge in [-0.2, -0.15) is 11.8 Å². The van der Waals surface area contributed by atoms with Crippen LogP contribution in [0.2, 0.25) is 0 Å². The maximum absolute atomic E-state index is 12.1. The molecular weight excluding hydrogens is 276 g/mol. The molecule has 102 valence electrons. The Morgan fingerprint density at radius 1 is 1.47 bits per heavy atom. The van der Waals surface area contributed by atoms with Crippen LogP contribution in [0.15, 0.2) is 24.3 Å². The number of rotatable bonds is 5. The number of thiophene rings is 1. The molecular formula is C14H18N2OS2. The molecule has 1 atom stereocenters. The Kier molecular flexibility index (Phi) is 4.71. The minimum Gasteiger partial charge on any atom is -0.399 e. The lowest BCUT2D eigenvalue weighted by molar-refractivity contribution is 0.0953. The first kappa shape index (κ1) is 14.2. The van der Waals surface area contributed by atoms with Crippen LogP contribution in [0, 0.1) is 5.92 Å². The molecule has 1 unspecified atom stereocenters. The Hall–Kier alpha value is -1.20. The summed E-state index contributed by atoms with van der Waals surface area (Å²) < 4.78 is 1.09. The van der Waals surface area contributed by atoms with Gasteiger partial charge in [0.2, 0.25) is 0 Å². The van der Waals surface area contributed by atoms with Gasteiger partial charge in [-0.15, -0.1) is 11.3 Å². The predicted molar refractivity (Wildman–Crippen MR) is 86.1 cm³/mol. The number of nitrogens with two attached hydrogens (primary N) is 1. The van der Waals surface area contributed by atoms with E-state index in [0.717, 1.165) is 32.9 Å². The number of nitrogen functional groups attached to an aromatic ring is 1. The third-order valence-electron chi connectivity index (χ3n) is 2.83. The first-order chi connectivity index (χ1) is 9.10. The molecule has 3 nitrogen and oxygen atoms in total. The molecule has 0 radical (unpaired) electrons. The number of hydrogen-bond donors (Lipinski definition) is 2. The van der Waals surface area contributed by atoms with Crippen molar-refractivity contribution in [3.63, 3.8) is 0 Å². The van der Waals surface area contributed by atoms with E-state index in [2.05, 4.69) is 18.5 Å². The first-order valence-corrected chi connectivity index (χ1v) is 8.37. The van der Waals surface area contributed by atoms with Gasteiger partial charge in [0.15, 0.2) is 0 Å². The summed E-state index contributed by atoms with van der Waals surface area (Å²) in [6, 6.07) is 7.63. The summed E-state index contributed by atoms with van der Waals surface area (Å²) in [7, 11) is 0. The Balaban J connectivity index is 2.05. The molecule has 0 aliphatic rings. The number of hydrogen-bond acceptors (Lipinski definition) is 4. The highest BCUT2D eigenvalue weighted by Crippen LogP contribution is 2.27. The molecule has 1 aromatic carbocycles. The van der Waals surface area contributed by atoms with Crippen LogP contribution in [0.25, 0.3) is 10.1 Å². The minimum atomic E-state index is 0.00715. The zero-order valence-electron chi connectivity index (χ0n) is 11.1. The van der Waals surface area contributed by atoms with Gasteiger partial charge in [0, 0.05) is 16.9 Å². The van der Waals surface area contributed by atoms with Gasteiger partial charge < -0.3 is 11.1 Å². The summed E-state index contributed by atoms with van der Waals surface area (Å²) in [6.07, 6.45) is 2.08. The van der Waals surface area contributed by atoms with Crippen LogP contribution in [0.1, 0.15) is 16.6 Å². The summed E-state index contributed by atoms with van der Waals surface area (Å²) in [5.74, 6) is 1.56. The number of fused-ring (bicyclic) bond motifs is 1. The summed E-state index contributed by atoms with van der Waals surface area (Å²) >= 11 is 3.31. The number of carbonyl (C=O) groups excluding carboxylic acids is 1. The van der Waals surface area contributed by atoms with Crippen molar-refractivity contribution in [2.75, 3.05) is 24.3 Å². The van der Waals surface area contributed by atoms with Gasteiger partial charge in [0.25, 0.3) is 5.91 Å². The van der Waals surface area contributed by atoms with Crippen LogP contribution in [-0.2, 0) is 0 Å². The largest absolute Gasteiger partial charge is 0.399 e. The maximum Gasteiger partial charge on any atom is 0.261 e. The molecule has 0 fully saturated rings. The van der Waals surface area contributed by atoms with Gasteiger partial charge in [0.1, 0.15) is 0 Å². The highest BCUT2D eigenvalue weighted by atomic mass is 32.2. The minimum absolute atomic E-state index is 0.00715. The van der Waals surface area contributed by atoms with E-state index in [4.69, 9.17) is 5.73 Å². The van der Waals surface area contributed by atoms with Crippen LogP contribution >= 0.6 is 23.1 Å². The molecule has 19 heavy (non-hydrogen) atoms. The molecule has 1 aromatic heterocycles. The predicted octanol–water partition coefficient (Wildman–Crippen LogP) is 3.21. The molecule has 0 saturated heterocycles. The monoisotopic (exact) mass is 294 g/mol. The molecule has 0 saturated carbocycles. The summed E-state index contributed by atoms with van der Waals surface area (Å²) in [6.45, 7) is 2.86. The highest BCUT2D eigenvalue weighted by Gasteiger charge is 2.11. The number of amides is 1. The molecule has 1 heterocycles. The van der Waals surface area contributed by atoms with Crippen molar-refractivity contribution in [1.29, 1.82) is 0 Å². The molecule has 5 heteroatoms. The third kappa shape index (κ3) is 3.64. The van der Waals surface area contributed by atoms with Gasteiger partial charge in [0.05, 0.1) is 4.88 Å². The van der Waals surface area contributed by atoms with Crippen LogP contribution in [0.5, 0.6) is 0 Å². The van der Waals surface area contributed by atoms with Crippen molar-refractivity contribution in [3.05, 3.63) is 29.1 Å². The molecule has 0 aliphatic carbocycles.